The zero-order chi connectivity index (χ0) is 13.9. The number of hydrogen-bond donors (Lipinski definition) is 2. The van der Waals surface area contributed by atoms with Crippen LogP contribution in [0.4, 0.5) is 0 Å². The van der Waals surface area contributed by atoms with E-state index in [1.807, 2.05) is 4.90 Å². The van der Waals surface area contributed by atoms with Gasteiger partial charge in [-0.05, 0) is 33.2 Å². The van der Waals surface area contributed by atoms with E-state index in [9.17, 15) is 14.4 Å². The van der Waals surface area contributed by atoms with Crippen molar-refractivity contribution in [1.29, 1.82) is 0 Å². The molecule has 6 nitrogen and oxygen atoms in total. The minimum absolute atomic E-state index is 0.0654. The van der Waals surface area contributed by atoms with Crippen molar-refractivity contribution in [3.63, 3.8) is 0 Å². The first-order valence-corrected chi connectivity index (χ1v) is 6.18. The van der Waals surface area contributed by atoms with Crippen molar-refractivity contribution in [2.75, 3.05) is 6.54 Å². The summed E-state index contributed by atoms with van der Waals surface area (Å²) in [5.41, 5.74) is 10.7. The molecule has 0 aromatic heterocycles. The summed E-state index contributed by atoms with van der Waals surface area (Å²) in [6.07, 6.45) is 1.52. The van der Waals surface area contributed by atoms with E-state index in [0.717, 1.165) is 12.8 Å². The van der Waals surface area contributed by atoms with Gasteiger partial charge < -0.3 is 11.5 Å². The second kappa shape index (κ2) is 6.06. The Balaban J connectivity index is 2.68. The zero-order valence-corrected chi connectivity index (χ0v) is 10.9. The Kier molecular flexibility index (Phi) is 4.98. The van der Waals surface area contributed by atoms with Crippen LogP contribution in [-0.2, 0) is 14.4 Å². The second-order valence-electron chi connectivity index (χ2n) is 4.86. The molecule has 1 aliphatic heterocycles. The van der Waals surface area contributed by atoms with Gasteiger partial charge in [0.05, 0.1) is 18.1 Å². The highest BCUT2D eigenvalue weighted by Crippen LogP contribution is 2.21. The van der Waals surface area contributed by atoms with E-state index in [-0.39, 0.29) is 24.0 Å². The SMILES string of the molecule is CC(=O)[C@@H]1CCCN1C(C)C(=O)[C@@H](N)CC(N)=O. The second-order valence-corrected chi connectivity index (χ2v) is 4.86. The van der Waals surface area contributed by atoms with Crippen molar-refractivity contribution in [3.05, 3.63) is 0 Å². The molecule has 6 heteroatoms. The van der Waals surface area contributed by atoms with Gasteiger partial charge in [0.1, 0.15) is 5.78 Å². The lowest BCUT2D eigenvalue weighted by Gasteiger charge is -2.29. The third kappa shape index (κ3) is 3.36. The Morgan fingerprint density at radius 1 is 1.39 bits per heavy atom. The van der Waals surface area contributed by atoms with Crippen molar-refractivity contribution in [3.8, 4) is 0 Å². The Bertz CT molecular complexity index is 356. The molecule has 1 rings (SSSR count). The summed E-state index contributed by atoms with van der Waals surface area (Å²) in [5, 5.41) is 0. The lowest BCUT2D eigenvalue weighted by Crippen LogP contribution is -2.50. The van der Waals surface area contributed by atoms with Crippen molar-refractivity contribution in [2.24, 2.45) is 11.5 Å². The summed E-state index contributed by atoms with van der Waals surface area (Å²) >= 11 is 0. The summed E-state index contributed by atoms with van der Waals surface area (Å²) < 4.78 is 0. The molecule has 0 aliphatic carbocycles. The topological polar surface area (TPSA) is 106 Å². The molecule has 4 N–H and O–H groups in total. The van der Waals surface area contributed by atoms with E-state index in [1.54, 1.807) is 6.92 Å². The number of likely N-dealkylation sites (tertiary alicyclic amines) is 1. The van der Waals surface area contributed by atoms with Gasteiger partial charge in [0.25, 0.3) is 0 Å². The van der Waals surface area contributed by atoms with Crippen LogP contribution in [0.2, 0.25) is 0 Å². The molecule has 0 saturated carbocycles. The maximum atomic E-state index is 12.0. The van der Waals surface area contributed by atoms with Gasteiger partial charge in [0.15, 0.2) is 5.78 Å². The number of rotatable bonds is 6. The minimum Gasteiger partial charge on any atom is -0.370 e. The number of primary amides is 1. The van der Waals surface area contributed by atoms with Gasteiger partial charge >= 0.3 is 0 Å². The highest BCUT2D eigenvalue weighted by atomic mass is 16.2. The molecule has 0 radical (unpaired) electrons. The highest BCUT2D eigenvalue weighted by molar-refractivity contribution is 5.93. The average molecular weight is 255 g/mol. The quantitative estimate of drug-likeness (QED) is 0.646. The number of ketones is 2. The van der Waals surface area contributed by atoms with E-state index in [1.165, 1.54) is 6.92 Å². The molecule has 1 fully saturated rings. The minimum atomic E-state index is -0.884. The average Bonchev–Trinajstić information content (AvgIpc) is 2.74. The number of Topliss-reactive ketones (excluding diaryl/α,β-unsaturated/α-hetero) is 2. The van der Waals surface area contributed by atoms with Gasteiger partial charge in [-0.25, -0.2) is 0 Å². The van der Waals surface area contributed by atoms with Crippen LogP contribution in [0.25, 0.3) is 0 Å². The first-order chi connectivity index (χ1) is 8.34. The highest BCUT2D eigenvalue weighted by Gasteiger charge is 2.36. The number of nitrogens with two attached hydrogens (primary N) is 2. The lowest BCUT2D eigenvalue weighted by atomic mass is 10.0. The Morgan fingerprint density at radius 3 is 2.50 bits per heavy atom. The molecule has 1 unspecified atom stereocenters. The van der Waals surface area contributed by atoms with Gasteiger partial charge in [-0.2, -0.15) is 0 Å². The summed E-state index contributed by atoms with van der Waals surface area (Å²) in [5.74, 6) is -0.759. The summed E-state index contributed by atoms with van der Waals surface area (Å²) in [6, 6.07) is -1.54. The Labute approximate surface area is 107 Å². The summed E-state index contributed by atoms with van der Waals surface area (Å²) in [7, 11) is 0. The molecule has 1 saturated heterocycles. The van der Waals surface area contributed by atoms with Crippen LogP contribution >= 0.6 is 0 Å². The van der Waals surface area contributed by atoms with Crippen LogP contribution in [-0.4, -0.2) is 47.0 Å². The van der Waals surface area contributed by atoms with E-state index in [2.05, 4.69) is 0 Å². The summed E-state index contributed by atoms with van der Waals surface area (Å²) in [4.78, 5) is 36.1. The third-order valence-corrected chi connectivity index (χ3v) is 3.46. The van der Waals surface area contributed by atoms with Gasteiger partial charge in [-0.3, -0.25) is 19.3 Å². The molecule has 1 aliphatic rings. The van der Waals surface area contributed by atoms with Gasteiger partial charge in [-0.15, -0.1) is 0 Å². The first kappa shape index (κ1) is 14.8. The standard InChI is InChI=1S/C12H21N3O3/c1-7(12(18)9(13)6-11(14)17)15-5-3-4-10(15)8(2)16/h7,9-10H,3-6,13H2,1-2H3,(H2,14,17)/t7?,9-,10-/m0/s1. The molecule has 3 atom stereocenters. The van der Waals surface area contributed by atoms with Crippen molar-refractivity contribution < 1.29 is 14.4 Å². The van der Waals surface area contributed by atoms with Crippen molar-refractivity contribution in [1.82, 2.24) is 4.90 Å². The van der Waals surface area contributed by atoms with Crippen LogP contribution in [0.15, 0.2) is 0 Å². The monoisotopic (exact) mass is 255 g/mol. The maximum absolute atomic E-state index is 12.0. The van der Waals surface area contributed by atoms with Crippen molar-refractivity contribution >= 4 is 17.5 Å². The molecular formula is C12H21N3O3. The molecule has 0 aromatic rings. The maximum Gasteiger partial charge on any atom is 0.219 e. The van der Waals surface area contributed by atoms with E-state index >= 15 is 0 Å². The Morgan fingerprint density at radius 2 is 2.00 bits per heavy atom. The molecule has 102 valence electrons. The number of hydrogen-bond acceptors (Lipinski definition) is 5. The predicted octanol–water partition coefficient (Wildman–Crippen LogP) is -0.800. The predicted molar refractivity (Wildman–Crippen MR) is 66.7 cm³/mol. The molecule has 0 bridgehead atoms. The molecule has 1 amide bonds. The van der Waals surface area contributed by atoms with Crippen LogP contribution in [0.1, 0.15) is 33.1 Å². The third-order valence-electron chi connectivity index (χ3n) is 3.46. The van der Waals surface area contributed by atoms with E-state index in [0.29, 0.717) is 6.54 Å². The number of carbonyl (C=O) groups excluding carboxylic acids is 3. The van der Waals surface area contributed by atoms with Crippen LogP contribution in [0.5, 0.6) is 0 Å². The number of amides is 1. The van der Waals surface area contributed by atoms with Gasteiger partial charge in [0.2, 0.25) is 5.91 Å². The van der Waals surface area contributed by atoms with Crippen molar-refractivity contribution in [2.45, 2.75) is 51.2 Å². The van der Waals surface area contributed by atoms with Crippen LogP contribution in [0.3, 0.4) is 0 Å². The zero-order valence-electron chi connectivity index (χ0n) is 10.9. The lowest BCUT2D eigenvalue weighted by molar-refractivity contribution is -0.130. The molecule has 0 aromatic carbocycles. The van der Waals surface area contributed by atoms with E-state index in [4.69, 9.17) is 11.5 Å². The molecular weight excluding hydrogens is 234 g/mol. The number of carbonyl (C=O) groups is 3. The Hall–Kier alpha value is -1.27. The van der Waals surface area contributed by atoms with E-state index < -0.39 is 18.0 Å². The normalized spacial score (nSPS) is 23.6. The fraction of sp³-hybridized carbons (Fsp3) is 0.750. The molecule has 0 spiro atoms. The molecule has 1 heterocycles. The molecule has 18 heavy (non-hydrogen) atoms. The number of nitrogens with zero attached hydrogens (tertiary/aromatic N) is 1. The first-order valence-electron chi connectivity index (χ1n) is 6.18. The smallest absolute Gasteiger partial charge is 0.219 e. The van der Waals surface area contributed by atoms with Crippen LogP contribution in [0, 0.1) is 0 Å². The largest absolute Gasteiger partial charge is 0.370 e. The fourth-order valence-corrected chi connectivity index (χ4v) is 2.48. The summed E-state index contributed by atoms with van der Waals surface area (Å²) in [6.45, 7) is 3.97. The fourth-order valence-electron chi connectivity index (χ4n) is 2.48. The van der Waals surface area contributed by atoms with Gasteiger partial charge in [-0.1, -0.05) is 0 Å². The van der Waals surface area contributed by atoms with Crippen LogP contribution < -0.4 is 11.5 Å². The van der Waals surface area contributed by atoms with Gasteiger partial charge in [0, 0.05) is 6.42 Å².